The number of hydrogen-bond acceptors (Lipinski definition) is 4. The zero-order chi connectivity index (χ0) is 18.5. The van der Waals surface area contributed by atoms with Crippen LogP contribution in [-0.2, 0) is 21.5 Å². The Morgan fingerprint density at radius 1 is 1.25 bits per heavy atom. The molecule has 0 aromatic heterocycles. The van der Waals surface area contributed by atoms with E-state index in [9.17, 15) is 13.2 Å². The Kier molecular flexibility index (Phi) is 6.84. The standard InChI is InChI=1S/C18H29NO4S/c1-7-14(2)19(17(20)12-18(3,4)5)13-15-10-8-9-11-16(15)23-24(6,21)22/h8-11,14H,7,12-13H2,1-6H3/t14-/m1/s1. The van der Waals surface area contributed by atoms with E-state index in [1.807, 2.05) is 40.7 Å². The number of hydrogen-bond donors (Lipinski definition) is 0. The topological polar surface area (TPSA) is 63.7 Å². The first-order valence-electron chi connectivity index (χ1n) is 8.20. The normalized spacial score (nSPS) is 13.4. The lowest BCUT2D eigenvalue weighted by atomic mass is 9.91. The maximum absolute atomic E-state index is 12.7. The van der Waals surface area contributed by atoms with Crippen LogP contribution in [0.25, 0.3) is 0 Å². The van der Waals surface area contributed by atoms with Crippen LogP contribution >= 0.6 is 0 Å². The minimum absolute atomic E-state index is 0.0611. The van der Waals surface area contributed by atoms with Crippen LogP contribution in [0.3, 0.4) is 0 Å². The zero-order valence-corrected chi connectivity index (χ0v) is 16.3. The molecule has 136 valence electrons. The Balaban J connectivity index is 3.10. The van der Waals surface area contributed by atoms with Crippen molar-refractivity contribution in [1.29, 1.82) is 0 Å². The van der Waals surface area contributed by atoms with Crippen molar-refractivity contribution in [2.75, 3.05) is 6.26 Å². The fourth-order valence-electron chi connectivity index (χ4n) is 2.33. The Bertz CT molecular complexity index is 662. The van der Waals surface area contributed by atoms with Gasteiger partial charge in [-0.3, -0.25) is 4.79 Å². The van der Waals surface area contributed by atoms with Crippen molar-refractivity contribution in [2.45, 2.75) is 60.0 Å². The Morgan fingerprint density at radius 2 is 1.83 bits per heavy atom. The number of carbonyl (C=O) groups excluding carboxylic acids is 1. The van der Waals surface area contributed by atoms with Crippen molar-refractivity contribution in [3.05, 3.63) is 29.8 Å². The van der Waals surface area contributed by atoms with Gasteiger partial charge in [-0.05, 0) is 24.8 Å². The minimum Gasteiger partial charge on any atom is -0.382 e. The molecule has 0 spiro atoms. The molecule has 0 aliphatic carbocycles. The van der Waals surface area contributed by atoms with Crippen LogP contribution in [-0.4, -0.2) is 31.5 Å². The van der Waals surface area contributed by atoms with Gasteiger partial charge in [-0.2, -0.15) is 8.42 Å². The lowest BCUT2D eigenvalue weighted by Gasteiger charge is -2.32. The van der Waals surface area contributed by atoms with E-state index in [4.69, 9.17) is 4.18 Å². The summed E-state index contributed by atoms with van der Waals surface area (Å²) in [5.41, 5.74) is 0.580. The molecular formula is C18H29NO4S. The maximum Gasteiger partial charge on any atom is 0.306 e. The molecular weight excluding hydrogens is 326 g/mol. The highest BCUT2D eigenvalue weighted by molar-refractivity contribution is 7.86. The number of benzene rings is 1. The zero-order valence-electron chi connectivity index (χ0n) is 15.5. The number of amides is 1. The third-order valence-corrected chi connectivity index (χ3v) is 4.16. The first-order valence-corrected chi connectivity index (χ1v) is 10.0. The van der Waals surface area contributed by atoms with Gasteiger partial charge in [0, 0.05) is 24.6 Å². The molecule has 0 saturated heterocycles. The highest BCUT2D eigenvalue weighted by Crippen LogP contribution is 2.26. The number of para-hydroxylation sites is 1. The van der Waals surface area contributed by atoms with Crippen molar-refractivity contribution in [2.24, 2.45) is 5.41 Å². The Hall–Kier alpha value is -1.56. The van der Waals surface area contributed by atoms with Crippen molar-refractivity contribution < 1.29 is 17.4 Å². The highest BCUT2D eigenvalue weighted by Gasteiger charge is 2.25. The summed E-state index contributed by atoms with van der Waals surface area (Å²) < 4.78 is 28.0. The van der Waals surface area contributed by atoms with E-state index in [1.165, 1.54) is 0 Å². The predicted octanol–water partition coefficient (Wildman–Crippen LogP) is 3.59. The second kappa shape index (κ2) is 8.01. The second-order valence-corrected chi connectivity index (χ2v) is 8.99. The summed E-state index contributed by atoms with van der Waals surface area (Å²) in [6.07, 6.45) is 2.28. The van der Waals surface area contributed by atoms with E-state index in [0.717, 1.165) is 12.7 Å². The second-order valence-electron chi connectivity index (χ2n) is 7.41. The molecule has 0 saturated carbocycles. The lowest BCUT2D eigenvalue weighted by molar-refractivity contribution is -0.135. The fraction of sp³-hybridized carbons (Fsp3) is 0.611. The number of carbonyl (C=O) groups is 1. The molecule has 0 heterocycles. The molecule has 1 atom stereocenters. The van der Waals surface area contributed by atoms with E-state index >= 15 is 0 Å². The quantitative estimate of drug-likeness (QED) is 0.701. The average molecular weight is 356 g/mol. The SMILES string of the molecule is CC[C@@H](C)N(Cc1ccccc1OS(C)(=O)=O)C(=O)CC(C)(C)C. The van der Waals surface area contributed by atoms with E-state index in [0.29, 0.717) is 18.5 Å². The van der Waals surface area contributed by atoms with Crippen molar-refractivity contribution in [3.8, 4) is 5.75 Å². The highest BCUT2D eigenvalue weighted by atomic mass is 32.2. The van der Waals surface area contributed by atoms with E-state index < -0.39 is 10.1 Å². The van der Waals surface area contributed by atoms with Crippen LogP contribution in [0.4, 0.5) is 0 Å². The molecule has 0 aliphatic rings. The van der Waals surface area contributed by atoms with E-state index in [-0.39, 0.29) is 23.1 Å². The van der Waals surface area contributed by atoms with E-state index in [2.05, 4.69) is 0 Å². The summed E-state index contributed by atoms with van der Waals surface area (Å²) in [7, 11) is -3.61. The van der Waals surface area contributed by atoms with Crippen LogP contribution in [0, 0.1) is 5.41 Å². The van der Waals surface area contributed by atoms with Crippen molar-refractivity contribution in [3.63, 3.8) is 0 Å². The van der Waals surface area contributed by atoms with Gasteiger partial charge in [0.15, 0.2) is 0 Å². The van der Waals surface area contributed by atoms with Gasteiger partial charge in [0.05, 0.1) is 6.26 Å². The van der Waals surface area contributed by atoms with Crippen molar-refractivity contribution in [1.82, 2.24) is 4.90 Å². The van der Waals surface area contributed by atoms with Gasteiger partial charge < -0.3 is 9.08 Å². The summed E-state index contributed by atoms with van der Waals surface area (Å²) in [6.45, 7) is 10.4. The Morgan fingerprint density at radius 3 is 2.33 bits per heavy atom. The van der Waals surface area contributed by atoms with Gasteiger partial charge in [-0.15, -0.1) is 0 Å². The van der Waals surface area contributed by atoms with Crippen LogP contribution < -0.4 is 4.18 Å². The van der Waals surface area contributed by atoms with Gasteiger partial charge in [-0.25, -0.2) is 0 Å². The van der Waals surface area contributed by atoms with Gasteiger partial charge >= 0.3 is 10.1 Å². The van der Waals surface area contributed by atoms with Gasteiger partial charge in [-0.1, -0.05) is 45.9 Å². The van der Waals surface area contributed by atoms with Gasteiger partial charge in [0.2, 0.25) is 5.91 Å². The fourth-order valence-corrected chi connectivity index (χ4v) is 2.82. The van der Waals surface area contributed by atoms with Gasteiger partial charge in [0.25, 0.3) is 0 Å². The predicted molar refractivity (Wildman–Crippen MR) is 96.3 cm³/mol. The molecule has 0 aliphatic heterocycles. The van der Waals surface area contributed by atoms with Crippen molar-refractivity contribution >= 4 is 16.0 Å². The third kappa shape index (κ3) is 6.91. The summed E-state index contributed by atoms with van der Waals surface area (Å²) >= 11 is 0. The summed E-state index contributed by atoms with van der Waals surface area (Å²) in [4.78, 5) is 14.5. The molecule has 0 fully saturated rings. The maximum atomic E-state index is 12.7. The molecule has 5 nitrogen and oxygen atoms in total. The molecule has 0 bridgehead atoms. The molecule has 1 amide bonds. The molecule has 1 aromatic rings. The smallest absolute Gasteiger partial charge is 0.306 e. The largest absolute Gasteiger partial charge is 0.382 e. The minimum atomic E-state index is -3.61. The first kappa shape index (κ1) is 20.5. The summed E-state index contributed by atoms with van der Waals surface area (Å²) in [5, 5.41) is 0. The molecule has 1 aromatic carbocycles. The number of nitrogens with zero attached hydrogens (tertiary/aromatic N) is 1. The van der Waals surface area contributed by atoms with Crippen LogP contribution in [0.5, 0.6) is 5.75 Å². The van der Waals surface area contributed by atoms with Crippen LogP contribution in [0.2, 0.25) is 0 Å². The molecule has 0 unspecified atom stereocenters. The molecule has 0 radical (unpaired) electrons. The first-order chi connectivity index (χ1) is 10.9. The molecule has 1 rings (SSSR count). The molecule has 0 N–H and O–H groups in total. The summed E-state index contributed by atoms with van der Waals surface area (Å²) in [5.74, 6) is 0.336. The van der Waals surface area contributed by atoms with E-state index in [1.54, 1.807) is 23.1 Å². The summed E-state index contributed by atoms with van der Waals surface area (Å²) in [6, 6.07) is 6.99. The number of rotatable bonds is 7. The van der Waals surface area contributed by atoms with Crippen LogP contribution in [0.1, 0.15) is 53.0 Å². The molecule has 6 heteroatoms. The lowest BCUT2D eigenvalue weighted by Crippen LogP contribution is -2.39. The van der Waals surface area contributed by atoms with Crippen LogP contribution in [0.15, 0.2) is 24.3 Å². The third-order valence-electron chi connectivity index (χ3n) is 3.68. The monoisotopic (exact) mass is 355 g/mol. The van der Waals surface area contributed by atoms with Gasteiger partial charge in [0.1, 0.15) is 5.75 Å². The Labute approximate surface area is 146 Å². The molecule has 24 heavy (non-hydrogen) atoms. The average Bonchev–Trinajstić information content (AvgIpc) is 2.42.